The summed E-state index contributed by atoms with van der Waals surface area (Å²) in [7, 11) is 1.24. The molecule has 1 aromatic rings. The van der Waals surface area contributed by atoms with Crippen LogP contribution in [-0.2, 0) is 25.7 Å². The van der Waals surface area contributed by atoms with Crippen LogP contribution in [0.25, 0.3) is 0 Å². The number of rotatable bonds is 4. The molecule has 1 unspecified atom stereocenters. The van der Waals surface area contributed by atoms with E-state index in [1.165, 1.54) is 14.0 Å². The maximum Gasteiger partial charge on any atom is 0.320 e. The summed E-state index contributed by atoms with van der Waals surface area (Å²) in [5.41, 5.74) is 0.882. The van der Waals surface area contributed by atoms with Crippen molar-refractivity contribution < 1.29 is 19.1 Å². The Morgan fingerprint density at radius 1 is 1.19 bits per heavy atom. The second kappa shape index (κ2) is 5.90. The number of esters is 2. The fraction of sp³-hybridized carbons (Fsp3) is 0.333. The normalized spacial score (nSPS) is 11.6. The van der Waals surface area contributed by atoms with Gasteiger partial charge >= 0.3 is 11.9 Å². The topological polar surface area (TPSA) is 52.6 Å². The molecule has 0 aliphatic carbocycles. The first-order chi connectivity index (χ1) is 7.65. The highest BCUT2D eigenvalue weighted by atomic mass is 16.5. The fourth-order valence-corrected chi connectivity index (χ4v) is 1.13. The highest BCUT2D eigenvalue weighted by Gasteiger charge is 2.23. The van der Waals surface area contributed by atoms with Crippen LogP contribution in [0.15, 0.2) is 30.3 Å². The van der Waals surface area contributed by atoms with Crippen molar-refractivity contribution in [2.24, 2.45) is 5.92 Å². The van der Waals surface area contributed by atoms with Gasteiger partial charge in [-0.2, -0.15) is 0 Å². The smallest absolute Gasteiger partial charge is 0.320 e. The summed E-state index contributed by atoms with van der Waals surface area (Å²) >= 11 is 0. The minimum absolute atomic E-state index is 0.168. The zero-order valence-corrected chi connectivity index (χ0v) is 9.30. The van der Waals surface area contributed by atoms with Crippen molar-refractivity contribution in [1.29, 1.82) is 0 Å². The van der Waals surface area contributed by atoms with Crippen molar-refractivity contribution in [1.82, 2.24) is 0 Å². The van der Waals surface area contributed by atoms with Gasteiger partial charge in [-0.1, -0.05) is 30.3 Å². The zero-order valence-electron chi connectivity index (χ0n) is 9.30. The molecule has 0 spiro atoms. The molecule has 1 rings (SSSR count). The van der Waals surface area contributed by atoms with Crippen molar-refractivity contribution in [3.63, 3.8) is 0 Å². The molecule has 0 heterocycles. The molecule has 0 amide bonds. The number of benzene rings is 1. The first kappa shape index (κ1) is 12.2. The first-order valence-corrected chi connectivity index (χ1v) is 4.93. The molecule has 0 aliphatic heterocycles. The summed E-state index contributed by atoms with van der Waals surface area (Å²) < 4.78 is 9.42. The van der Waals surface area contributed by atoms with Crippen LogP contribution in [0.3, 0.4) is 0 Å². The van der Waals surface area contributed by atoms with Crippen molar-refractivity contribution in [2.75, 3.05) is 7.11 Å². The molecule has 16 heavy (non-hydrogen) atoms. The van der Waals surface area contributed by atoms with Gasteiger partial charge in [0.1, 0.15) is 6.61 Å². The Balaban J connectivity index is 2.44. The third-order valence-corrected chi connectivity index (χ3v) is 2.13. The molecule has 0 aromatic heterocycles. The lowest BCUT2D eigenvalue weighted by atomic mass is 10.2. The Kier molecular flexibility index (Phi) is 4.51. The van der Waals surface area contributed by atoms with Gasteiger partial charge in [0.15, 0.2) is 5.92 Å². The van der Waals surface area contributed by atoms with Crippen LogP contribution in [0, 0.1) is 5.92 Å². The van der Waals surface area contributed by atoms with Gasteiger partial charge in [0.2, 0.25) is 0 Å². The molecule has 4 heteroatoms. The Morgan fingerprint density at radius 2 is 1.81 bits per heavy atom. The van der Waals surface area contributed by atoms with E-state index in [1.807, 2.05) is 30.3 Å². The molecule has 0 bridgehead atoms. The molecule has 0 fully saturated rings. The Hall–Kier alpha value is -1.84. The van der Waals surface area contributed by atoms with Crippen LogP contribution in [0.5, 0.6) is 0 Å². The average Bonchev–Trinajstić information content (AvgIpc) is 2.35. The van der Waals surface area contributed by atoms with Crippen LogP contribution in [0.2, 0.25) is 0 Å². The quantitative estimate of drug-likeness (QED) is 0.572. The van der Waals surface area contributed by atoms with E-state index in [0.29, 0.717) is 0 Å². The fourth-order valence-electron chi connectivity index (χ4n) is 1.13. The van der Waals surface area contributed by atoms with Gasteiger partial charge in [-0.15, -0.1) is 0 Å². The van der Waals surface area contributed by atoms with Crippen LogP contribution in [0.4, 0.5) is 0 Å². The van der Waals surface area contributed by atoms with Crippen molar-refractivity contribution in [3.05, 3.63) is 35.9 Å². The van der Waals surface area contributed by atoms with Crippen molar-refractivity contribution in [3.8, 4) is 0 Å². The van der Waals surface area contributed by atoms with Crippen LogP contribution in [0.1, 0.15) is 12.5 Å². The first-order valence-electron chi connectivity index (χ1n) is 4.93. The van der Waals surface area contributed by atoms with Crippen LogP contribution in [-0.4, -0.2) is 19.0 Å². The number of hydrogen-bond acceptors (Lipinski definition) is 4. The van der Waals surface area contributed by atoms with Gasteiger partial charge < -0.3 is 9.47 Å². The number of carbonyl (C=O) groups is 2. The Morgan fingerprint density at radius 3 is 2.38 bits per heavy atom. The summed E-state index contributed by atoms with van der Waals surface area (Å²) in [5.74, 6) is -2.04. The highest BCUT2D eigenvalue weighted by Crippen LogP contribution is 2.05. The van der Waals surface area contributed by atoms with E-state index in [1.54, 1.807) is 0 Å². The molecule has 1 aromatic carbocycles. The zero-order chi connectivity index (χ0) is 12.0. The van der Waals surface area contributed by atoms with E-state index >= 15 is 0 Å². The molecule has 86 valence electrons. The monoisotopic (exact) mass is 222 g/mol. The summed E-state index contributed by atoms with van der Waals surface area (Å²) in [5, 5.41) is 0. The summed E-state index contributed by atoms with van der Waals surface area (Å²) in [6.45, 7) is 1.63. The van der Waals surface area contributed by atoms with E-state index in [-0.39, 0.29) is 6.61 Å². The van der Waals surface area contributed by atoms with Gasteiger partial charge in [0.05, 0.1) is 7.11 Å². The second-order valence-corrected chi connectivity index (χ2v) is 3.34. The summed E-state index contributed by atoms with van der Waals surface area (Å²) in [6.07, 6.45) is 0. The van der Waals surface area contributed by atoms with Gasteiger partial charge in [0, 0.05) is 0 Å². The van der Waals surface area contributed by atoms with E-state index in [4.69, 9.17) is 4.74 Å². The lowest BCUT2D eigenvalue weighted by Gasteiger charge is -2.09. The van der Waals surface area contributed by atoms with Crippen molar-refractivity contribution in [2.45, 2.75) is 13.5 Å². The molecule has 0 N–H and O–H groups in total. The van der Waals surface area contributed by atoms with Crippen LogP contribution < -0.4 is 0 Å². The van der Waals surface area contributed by atoms with E-state index in [9.17, 15) is 9.59 Å². The third-order valence-electron chi connectivity index (χ3n) is 2.13. The van der Waals surface area contributed by atoms with E-state index in [0.717, 1.165) is 5.56 Å². The predicted molar refractivity (Wildman–Crippen MR) is 57.4 cm³/mol. The summed E-state index contributed by atoms with van der Waals surface area (Å²) in [6, 6.07) is 9.27. The molecular weight excluding hydrogens is 208 g/mol. The number of carbonyl (C=O) groups excluding carboxylic acids is 2. The maximum absolute atomic E-state index is 11.4. The van der Waals surface area contributed by atoms with Crippen molar-refractivity contribution >= 4 is 11.9 Å². The van der Waals surface area contributed by atoms with Gasteiger partial charge in [0.25, 0.3) is 0 Å². The minimum atomic E-state index is -0.881. The average molecular weight is 222 g/mol. The Labute approximate surface area is 94.2 Å². The second-order valence-electron chi connectivity index (χ2n) is 3.34. The Bertz CT molecular complexity index is 359. The highest BCUT2D eigenvalue weighted by molar-refractivity contribution is 5.94. The molecule has 0 saturated heterocycles. The molecule has 0 aliphatic rings. The number of hydrogen-bond donors (Lipinski definition) is 0. The van der Waals surface area contributed by atoms with Crippen LogP contribution >= 0.6 is 0 Å². The molecule has 4 nitrogen and oxygen atoms in total. The lowest BCUT2D eigenvalue weighted by Crippen LogP contribution is -2.24. The molecule has 0 radical (unpaired) electrons. The maximum atomic E-state index is 11.4. The van der Waals surface area contributed by atoms with Gasteiger partial charge in [-0.3, -0.25) is 9.59 Å². The van der Waals surface area contributed by atoms with E-state index in [2.05, 4.69) is 4.74 Å². The van der Waals surface area contributed by atoms with Gasteiger partial charge in [-0.05, 0) is 12.5 Å². The third kappa shape index (κ3) is 3.38. The molecular formula is C12H14O4. The predicted octanol–water partition coefficient (Wildman–Crippen LogP) is 1.54. The SMILES string of the molecule is COC(=O)C(C)C(=O)OCc1ccccc1. The van der Waals surface area contributed by atoms with Gasteiger partial charge in [-0.25, -0.2) is 0 Å². The molecule has 0 saturated carbocycles. The lowest BCUT2D eigenvalue weighted by molar-refractivity contribution is -0.160. The largest absolute Gasteiger partial charge is 0.468 e. The molecule has 1 atom stereocenters. The minimum Gasteiger partial charge on any atom is -0.468 e. The number of methoxy groups -OCH3 is 1. The number of ether oxygens (including phenoxy) is 2. The standard InChI is InChI=1S/C12H14O4/c1-9(11(13)15-2)12(14)16-8-10-6-4-3-5-7-10/h3-7,9H,8H2,1-2H3. The van der Waals surface area contributed by atoms with E-state index < -0.39 is 17.9 Å². The summed E-state index contributed by atoms with van der Waals surface area (Å²) in [4.78, 5) is 22.4.